The quantitative estimate of drug-likeness (QED) is 0.817. The molecule has 0 spiro atoms. The van der Waals surface area contributed by atoms with E-state index in [-0.39, 0.29) is 5.56 Å². The van der Waals surface area contributed by atoms with Gasteiger partial charge in [-0.2, -0.15) is 0 Å². The molecule has 1 aliphatic heterocycles. The highest BCUT2D eigenvalue weighted by Crippen LogP contribution is 2.18. The minimum atomic E-state index is 0.0279. The van der Waals surface area contributed by atoms with Gasteiger partial charge in [-0.1, -0.05) is 0 Å². The van der Waals surface area contributed by atoms with E-state index in [9.17, 15) is 4.79 Å². The number of nitrogens with one attached hydrogen (secondary N) is 1. The Morgan fingerprint density at radius 2 is 2.41 bits per heavy atom. The van der Waals surface area contributed by atoms with E-state index in [0.717, 1.165) is 26.1 Å². The molecule has 1 saturated heterocycles. The molecular formula is C12H20N4O. The molecule has 1 unspecified atom stereocenters. The van der Waals surface area contributed by atoms with Crippen LogP contribution in [0.3, 0.4) is 0 Å². The molecule has 0 saturated carbocycles. The molecule has 0 radical (unpaired) electrons. The minimum absolute atomic E-state index is 0.0279. The Morgan fingerprint density at radius 1 is 1.59 bits per heavy atom. The molecule has 0 bridgehead atoms. The molecular weight excluding hydrogens is 216 g/mol. The van der Waals surface area contributed by atoms with Crippen LogP contribution >= 0.6 is 0 Å². The Hall–Kier alpha value is -1.36. The lowest BCUT2D eigenvalue weighted by Gasteiger charge is -2.17. The zero-order valence-corrected chi connectivity index (χ0v) is 10.5. The lowest BCUT2D eigenvalue weighted by Crippen LogP contribution is -2.32. The standard InChI is InChI=1S/C12H20N4O/c1-3-15-7-5-14-11(12(15)17)16-6-4-10(9-16)8-13-2/h5,7,10,13H,3-4,6,8-9H2,1-2H3. The van der Waals surface area contributed by atoms with Gasteiger partial charge in [0, 0.05) is 32.0 Å². The zero-order chi connectivity index (χ0) is 12.3. The van der Waals surface area contributed by atoms with Crippen molar-refractivity contribution in [2.45, 2.75) is 19.9 Å². The fraction of sp³-hybridized carbons (Fsp3) is 0.667. The molecule has 1 aliphatic rings. The molecule has 5 nitrogen and oxygen atoms in total. The minimum Gasteiger partial charge on any atom is -0.352 e. The second-order valence-corrected chi connectivity index (χ2v) is 4.50. The molecule has 1 aromatic rings. The van der Waals surface area contributed by atoms with E-state index in [1.54, 1.807) is 17.0 Å². The van der Waals surface area contributed by atoms with Crippen LogP contribution in [0, 0.1) is 5.92 Å². The summed E-state index contributed by atoms with van der Waals surface area (Å²) in [6.45, 7) is 5.53. The van der Waals surface area contributed by atoms with Gasteiger partial charge < -0.3 is 14.8 Å². The van der Waals surface area contributed by atoms with E-state index in [2.05, 4.69) is 15.2 Å². The van der Waals surface area contributed by atoms with Crippen molar-refractivity contribution in [1.82, 2.24) is 14.9 Å². The van der Waals surface area contributed by atoms with Gasteiger partial charge in [0.1, 0.15) is 0 Å². The number of hydrogen-bond donors (Lipinski definition) is 1. The summed E-state index contributed by atoms with van der Waals surface area (Å²) >= 11 is 0. The SMILES string of the molecule is CCn1ccnc(N2CCC(CNC)C2)c1=O. The van der Waals surface area contributed by atoms with Crippen LogP contribution in [0.2, 0.25) is 0 Å². The van der Waals surface area contributed by atoms with Gasteiger partial charge in [-0.25, -0.2) is 4.98 Å². The van der Waals surface area contributed by atoms with Crippen LogP contribution in [-0.4, -0.2) is 36.2 Å². The van der Waals surface area contributed by atoms with Crippen LogP contribution in [0.15, 0.2) is 17.2 Å². The summed E-state index contributed by atoms with van der Waals surface area (Å²) in [5, 5.41) is 3.19. The van der Waals surface area contributed by atoms with E-state index >= 15 is 0 Å². The number of rotatable bonds is 4. The maximum absolute atomic E-state index is 12.1. The van der Waals surface area contributed by atoms with Crippen molar-refractivity contribution in [2.75, 3.05) is 31.6 Å². The van der Waals surface area contributed by atoms with Crippen molar-refractivity contribution in [2.24, 2.45) is 5.92 Å². The monoisotopic (exact) mass is 236 g/mol. The first kappa shape index (κ1) is 12.1. The summed E-state index contributed by atoms with van der Waals surface area (Å²) < 4.78 is 1.70. The summed E-state index contributed by atoms with van der Waals surface area (Å²) in [6, 6.07) is 0. The third kappa shape index (κ3) is 2.49. The number of nitrogens with zero attached hydrogens (tertiary/aromatic N) is 3. The van der Waals surface area contributed by atoms with Gasteiger partial charge in [0.2, 0.25) is 0 Å². The summed E-state index contributed by atoms with van der Waals surface area (Å²) in [5.74, 6) is 1.23. The molecule has 5 heteroatoms. The Morgan fingerprint density at radius 3 is 3.12 bits per heavy atom. The average Bonchev–Trinajstić information content (AvgIpc) is 2.78. The summed E-state index contributed by atoms with van der Waals surface area (Å²) in [5.41, 5.74) is 0.0279. The largest absolute Gasteiger partial charge is 0.352 e. The first-order chi connectivity index (χ1) is 8.26. The molecule has 1 fully saturated rings. The molecule has 94 valence electrons. The molecule has 0 aromatic carbocycles. The molecule has 2 heterocycles. The molecule has 0 amide bonds. The smallest absolute Gasteiger partial charge is 0.293 e. The van der Waals surface area contributed by atoms with E-state index < -0.39 is 0 Å². The van der Waals surface area contributed by atoms with E-state index in [4.69, 9.17) is 0 Å². The number of anilines is 1. The molecule has 17 heavy (non-hydrogen) atoms. The molecule has 1 N–H and O–H groups in total. The highest BCUT2D eigenvalue weighted by Gasteiger charge is 2.24. The second-order valence-electron chi connectivity index (χ2n) is 4.50. The van der Waals surface area contributed by atoms with Crippen molar-refractivity contribution in [1.29, 1.82) is 0 Å². The topological polar surface area (TPSA) is 50.2 Å². The Balaban J connectivity index is 2.16. The summed E-state index contributed by atoms with van der Waals surface area (Å²) in [4.78, 5) is 18.4. The van der Waals surface area contributed by atoms with Crippen LogP contribution in [0.1, 0.15) is 13.3 Å². The van der Waals surface area contributed by atoms with E-state index in [1.807, 2.05) is 14.0 Å². The number of hydrogen-bond acceptors (Lipinski definition) is 4. The Bertz CT molecular complexity index is 429. The Labute approximate surface area is 101 Å². The van der Waals surface area contributed by atoms with Gasteiger partial charge in [0.05, 0.1) is 0 Å². The lowest BCUT2D eigenvalue weighted by atomic mass is 10.1. The highest BCUT2D eigenvalue weighted by atomic mass is 16.1. The van der Waals surface area contributed by atoms with Gasteiger partial charge in [0.25, 0.3) is 5.56 Å². The zero-order valence-electron chi connectivity index (χ0n) is 10.5. The van der Waals surface area contributed by atoms with Gasteiger partial charge in [-0.05, 0) is 32.9 Å². The molecule has 1 aromatic heterocycles. The average molecular weight is 236 g/mol. The normalized spacial score (nSPS) is 19.9. The maximum Gasteiger partial charge on any atom is 0.293 e. The van der Waals surface area contributed by atoms with E-state index in [0.29, 0.717) is 18.3 Å². The fourth-order valence-electron chi connectivity index (χ4n) is 2.38. The number of aryl methyl sites for hydroxylation is 1. The third-order valence-corrected chi connectivity index (χ3v) is 3.31. The molecule has 1 atom stereocenters. The van der Waals surface area contributed by atoms with Crippen LogP contribution in [0.4, 0.5) is 5.82 Å². The van der Waals surface area contributed by atoms with Crippen molar-refractivity contribution >= 4 is 5.82 Å². The van der Waals surface area contributed by atoms with Gasteiger partial charge >= 0.3 is 0 Å². The first-order valence-corrected chi connectivity index (χ1v) is 6.21. The van der Waals surface area contributed by atoms with Crippen molar-refractivity contribution in [3.05, 3.63) is 22.7 Å². The van der Waals surface area contributed by atoms with Crippen LogP contribution in [-0.2, 0) is 6.54 Å². The fourth-order valence-corrected chi connectivity index (χ4v) is 2.38. The predicted molar refractivity (Wildman–Crippen MR) is 68.4 cm³/mol. The predicted octanol–water partition coefficient (Wildman–Crippen LogP) is 0.309. The van der Waals surface area contributed by atoms with Crippen LogP contribution in [0.25, 0.3) is 0 Å². The van der Waals surface area contributed by atoms with E-state index in [1.165, 1.54) is 0 Å². The van der Waals surface area contributed by atoms with Crippen molar-refractivity contribution in [3.8, 4) is 0 Å². The lowest BCUT2D eigenvalue weighted by molar-refractivity contribution is 0.548. The Kier molecular flexibility index (Phi) is 3.78. The maximum atomic E-state index is 12.1. The number of aromatic nitrogens is 2. The highest BCUT2D eigenvalue weighted by molar-refractivity contribution is 5.37. The second kappa shape index (κ2) is 5.31. The van der Waals surface area contributed by atoms with Gasteiger partial charge in [-0.3, -0.25) is 4.79 Å². The van der Waals surface area contributed by atoms with Crippen LogP contribution in [0.5, 0.6) is 0 Å². The van der Waals surface area contributed by atoms with Gasteiger partial charge in [0.15, 0.2) is 5.82 Å². The molecule has 0 aliphatic carbocycles. The third-order valence-electron chi connectivity index (χ3n) is 3.31. The summed E-state index contributed by atoms with van der Waals surface area (Å²) in [7, 11) is 1.97. The summed E-state index contributed by atoms with van der Waals surface area (Å²) in [6.07, 6.45) is 4.58. The van der Waals surface area contributed by atoms with Gasteiger partial charge in [-0.15, -0.1) is 0 Å². The van der Waals surface area contributed by atoms with Crippen molar-refractivity contribution < 1.29 is 0 Å². The van der Waals surface area contributed by atoms with Crippen LogP contribution < -0.4 is 15.8 Å². The van der Waals surface area contributed by atoms with Crippen molar-refractivity contribution in [3.63, 3.8) is 0 Å². The molecule has 2 rings (SSSR count). The first-order valence-electron chi connectivity index (χ1n) is 6.21.